The number of anilines is 1. The molecule has 0 aliphatic heterocycles. The van der Waals surface area contributed by atoms with Crippen molar-refractivity contribution in [1.82, 2.24) is 10.2 Å². The van der Waals surface area contributed by atoms with E-state index in [9.17, 15) is 9.18 Å². The third kappa shape index (κ3) is 4.24. The second kappa shape index (κ2) is 7.63. The molecule has 0 radical (unpaired) electrons. The minimum absolute atomic E-state index is 0.179. The van der Waals surface area contributed by atoms with Crippen molar-refractivity contribution in [1.29, 1.82) is 0 Å². The minimum Gasteiger partial charge on any atom is -0.301 e. The highest BCUT2D eigenvalue weighted by atomic mass is 79.9. The van der Waals surface area contributed by atoms with Gasteiger partial charge in [-0.15, -0.1) is 10.2 Å². The first-order chi connectivity index (χ1) is 11.6. The maximum absolute atomic E-state index is 13.7. The van der Waals surface area contributed by atoms with Crippen LogP contribution >= 0.6 is 27.3 Å². The maximum Gasteiger partial charge on any atom is 0.226 e. The molecule has 0 spiro atoms. The molecule has 0 unspecified atom stereocenters. The van der Waals surface area contributed by atoms with Crippen molar-refractivity contribution in [2.75, 3.05) is 5.32 Å². The van der Waals surface area contributed by atoms with E-state index in [0.717, 1.165) is 10.6 Å². The summed E-state index contributed by atoms with van der Waals surface area (Å²) in [5.74, 6) is -0.535. The lowest BCUT2D eigenvalue weighted by molar-refractivity contribution is -0.116. The van der Waals surface area contributed by atoms with E-state index < -0.39 is 0 Å². The van der Waals surface area contributed by atoms with Gasteiger partial charge in [0.25, 0.3) is 0 Å². The standard InChI is InChI=1S/C17H13BrFN3OS/c18-13-8-6-11(14(19)10-13)7-9-15(23)20-17-22-21-16(24-17)12-4-2-1-3-5-12/h1-6,8,10H,7,9H2,(H,20,22,23). The molecule has 1 aromatic heterocycles. The van der Waals surface area contributed by atoms with E-state index in [1.165, 1.54) is 17.4 Å². The third-order valence-electron chi connectivity index (χ3n) is 3.33. The summed E-state index contributed by atoms with van der Waals surface area (Å²) in [5.41, 5.74) is 1.46. The maximum atomic E-state index is 13.7. The van der Waals surface area contributed by atoms with Gasteiger partial charge in [0.2, 0.25) is 11.0 Å². The molecule has 0 bridgehead atoms. The van der Waals surface area contributed by atoms with Crippen LogP contribution in [0.25, 0.3) is 10.6 Å². The van der Waals surface area contributed by atoms with Crippen LogP contribution in [-0.4, -0.2) is 16.1 Å². The van der Waals surface area contributed by atoms with Crippen molar-refractivity contribution in [2.24, 2.45) is 0 Å². The van der Waals surface area contributed by atoms with Crippen LogP contribution in [0.4, 0.5) is 9.52 Å². The van der Waals surface area contributed by atoms with Gasteiger partial charge < -0.3 is 5.32 Å². The fraction of sp³-hybridized carbons (Fsp3) is 0.118. The lowest BCUT2D eigenvalue weighted by Crippen LogP contribution is -2.12. The van der Waals surface area contributed by atoms with Crippen molar-refractivity contribution < 1.29 is 9.18 Å². The van der Waals surface area contributed by atoms with Crippen LogP contribution in [0.3, 0.4) is 0 Å². The second-order valence-electron chi connectivity index (χ2n) is 5.06. The fourth-order valence-electron chi connectivity index (χ4n) is 2.13. The molecule has 0 aliphatic rings. The first kappa shape index (κ1) is 16.7. The Kier molecular flexibility index (Phi) is 5.32. The first-order valence-electron chi connectivity index (χ1n) is 7.24. The summed E-state index contributed by atoms with van der Waals surface area (Å²) in [4.78, 5) is 12.0. The summed E-state index contributed by atoms with van der Waals surface area (Å²) in [7, 11) is 0. The van der Waals surface area contributed by atoms with E-state index in [0.29, 0.717) is 21.6 Å². The van der Waals surface area contributed by atoms with Gasteiger partial charge in [-0.1, -0.05) is 63.7 Å². The second-order valence-corrected chi connectivity index (χ2v) is 6.96. The molecule has 0 saturated heterocycles. The lowest BCUT2D eigenvalue weighted by Gasteiger charge is -2.04. The number of halogens is 2. The topological polar surface area (TPSA) is 54.9 Å². The highest BCUT2D eigenvalue weighted by Gasteiger charge is 2.11. The largest absolute Gasteiger partial charge is 0.301 e. The Morgan fingerprint density at radius 3 is 2.71 bits per heavy atom. The van der Waals surface area contributed by atoms with Gasteiger partial charge in [-0.2, -0.15) is 0 Å². The van der Waals surface area contributed by atoms with Gasteiger partial charge in [0.15, 0.2) is 0 Å². The Balaban J connectivity index is 1.58. The quantitative estimate of drug-likeness (QED) is 0.670. The number of nitrogens with one attached hydrogen (secondary N) is 1. The predicted octanol–water partition coefficient (Wildman–Crippen LogP) is 4.68. The highest BCUT2D eigenvalue weighted by Crippen LogP contribution is 2.26. The Bertz CT molecular complexity index is 854. The number of benzene rings is 2. The van der Waals surface area contributed by atoms with Crippen molar-refractivity contribution in [2.45, 2.75) is 12.8 Å². The smallest absolute Gasteiger partial charge is 0.226 e. The van der Waals surface area contributed by atoms with E-state index >= 15 is 0 Å². The minimum atomic E-state index is -0.320. The summed E-state index contributed by atoms with van der Waals surface area (Å²) in [5, 5.41) is 11.9. The summed E-state index contributed by atoms with van der Waals surface area (Å²) in [6, 6.07) is 14.4. The van der Waals surface area contributed by atoms with Crippen molar-refractivity contribution >= 4 is 38.3 Å². The molecule has 3 aromatic rings. The molecule has 4 nitrogen and oxygen atoms in total. The SMILES string of the molecule is O=C(CCc1ccc(Br)cc1F)Nc1nnc(-c2ccccc2)s1. The van der Waals surface area contributed by atoms with E-state index in [1.807, 2.05) is 30.3 Å². The number of aromatic nitrogens is 2. The lowest BCUT2D eigenvalue weighted by atomic mass is 10.1. The molecule has 1 N–H and O–H groups in total. The predicted molar refractivity (Wildman–Crippen MR) is 96.4 cm³/mol. The zero-order valence-electron chi connectivity index (χ0n) is 12.5. The number of aryl methyl sites for hydroxylation is 1. The molecule has 1 heterocycles. The summed E-state index contributed by atoms with van der Waals surface area (Å²) >= 11 is 4.52. The Labute approximate surface area is 150 Å². The van der Waals surface area contributed by atoms with Crippen LogP contribution < -0.4 is 5.32 Å². The average molecular weight is 406 g/mol. The number of carbonyl (C=O) groups is 1. The van der Waals surface area contributed by atoms with Crippen LogP contribution in [-0.2, 0) is 11.2 Å². The molecule has 1 amide bonds. The number of amides is 1. The monoisotopic (exact) mass is 405 g/mol. The molecule has 2 aromatic carbocycles. The summed E-state index contributed by atoms with van der Waals surface area (Å²) < 4.78 is 14.4. The number of rotatable bonds is 5. The molecular formula is C17H13BrFN3OS. The normalized spacial score (nSPS) is 10.6. The number of hydrogen-bond acceptors (Lipinski definition) is 4. The number of carbonyl (C=O) groups excluding carboxylic acids is 1. The molecule has 7 heteroatoms. The fourth-order valence-corrected chi connectivity index (χ4v) is 3.22. The van der Waals surface area contributed by atoms with Gasteiger partial charge in [0, 0.05) is 16.5 Å². The summed E-state index contributed by atoms with van der Waals surface area (Å²) in [6.45, 7) is 0. The average Bonchev–Trinajstić information content (AvgIpc) is 3.03. The Morgan fingerprint density at radius 2 is 1.96 bits per heavy atom. The van der Waals surface area contributed by atoms with Crippen molar-refractivity contribution in [3.63, 3.8) is 0 Å². The van der Waals surface area contributed by atoms with Crippen LogP contribution in [0.1, 0.15) is 12.0 Å². The van der Waals surface area contributed by atoms with Gasteiger partial charge in [-0.3, -0.25) is 4.79 Å². The molecule has 0 fully saturated rings. The van der Waals surface area contributed by atoms with Gasteiger partial charge in [-0.05, 0) is 24.1 Å². The van der Waals surface area contributed by atoms with Gasteiger partial charge in [0.05, 0.1) is 0 Å². The molecule has 24 heavy (non-hydrogen) atoms. The molecule has 0 aliphatic carbocycles. The zero-order valence-corrected chi connectivity index (χ0v) is 14.9. The molecule has 0 atom stereocenters. The van der Waals surface area contributed by atoms with Gasteiger partial charge in [0.1, 0.15) is 10.8 Å². The number of nitrogens with zero attached hydrogens (tertiary/aromatic N) is 2. The summed E-state index contributed by atoms with van der Waals surface area (Å²) in [6.07, 6.45) is 0.508. The van der Waals surface area contributed by atoms with E-state index in [4.69, 9.17) is 0 Å². The third-order valence-corrected chi connectivity index (χ3v) is 4.71. The van der Waals surface area contributed by atoms with Gasteiger partial charge in [-0.25, -0.2) is 4.39 Å². The van der Waals surface area contributed by atoms with E-state index in [1.54, 1.807) is 12.1 Å². The Morgan fingerprint density at radius 1 is 1.17 bits per heavy atom. The first-order valence-corrected chi connectivity index (χ1v) is 8.85. The van der Waals surface area contributed by atoms with Crippen molar-refractivity contribution in [3.05, 3.63) is 64.4 Å². The molecular weight excluding hydrogens is 393 g/mol. The molecule has 0 saturated carbocycles. The van der Waals surface area contributed by atoms with Crippen molar-refractivity contribution in [3.8, 4) is 10.6 Å². The zero-order chi connectivity index (χ0) is 16.9. The molecule has 3 rings (SSSR count). The van der Waals surface area contributed by atoms with Crippen LogP contribution in [0.2, 0.25) is 0 Å². The van der Waals surface area contributed by atoms with Crippen LogP contribution in [0.15, 0.2) is 53.0 Å². The number of hydrogen-bond donors (Lipinski definition) is 1. The van der Waals surface area contributed by atoms with E-state index in [-0.39, 0.29) is 18.1 Å². The molecule has 122 valence electrons. The highest BCUT2D eigenvalue weighted by molar-refractivity contribution is 9.10. The van der Waals surface area contributed by atoms with E-state index in [2.05, 4.69) is 31.4 Å². The van der Waals surface area contributed by atoms with Crippen LogP contribution in [0.5, 0.6) is 0 Å². The van der Waals surface area contributed by atoms with Gasteiger partial charge >= 0.3 is 0 Å². The van der Waals surface area contributed by atoms with Crippen LogP contribution in [0, 0.1) is 5.82 Å². The Hall–Kier alpha value is -2.12.